The zero-order valence-electron chi connectivity index (χ0n) is 7.13. The largest absolute Gasteiger partial charge is 0.239 e. The van der Waals surface area contributed by atoms with E-state index in [9.17, 15) is 0 Å². The van der Waals surface area contributed by atoms with Crippen molar-refractivity contribution >= 4 is 6.08 Å². The number of nitrogens with zero attached hydrogens (tertiary/aromatic N) is 2. The van der Waals surface area contributed by atoms with Crippen LogP contribution in [0.15, 0.2) is 12.1 Å². The molecule has 58 valence electrons. The van der Waals surface area contributed by atoms with Gasteiger partial charge in [0, 0.05) is 5.69 Å². The molecule has 1 rings (SSSR count). The van der Waals surface area contributed by atoms with Crippen molar-refractivity contribution in [2.45, 2.75) is 20.8 Å². The van der Waals surface area contributed by atoms with Crippen molar-refractivity contribution in [2.75, 3.05) is 0 Å². The Kier molecular flexibility index (Phi) is 2.36. The fourth-order valence-corrected chi connectivity index (χ4v) is 1.00. The topological polar surface area (TPSA) is 25.8 Å². The van der Waals surface area contributed by atoms with Crippen molar-refractivity contribution in [3.8, 4) is 0 Å². The SMILES string of the molecule is C/C=C/c1cc(C)nc(C)n1. The quantitative estimate of drug-likeness (QED) is 0.609. The Morgan fingerprint density at radius 2 is 2.00 bits per heavy atom. The van der Waals surface area contributed by atoms with Gasteiger partial charge >= 0.3 is 0 Å². The van der Waals surface area contributed by atoms with E-state index in [1.54, 1.807) is 0 Å². The van der Waals surface area contributed by atoms with Crippen LogP contribution in [-0.4, -0.2) is 9.97 Å². The van der Waals surface area contributed by atoms with E-state index in [0.29, 0.717) is 0 Å². The van der Waals surface area contributed by atoms with Crippen LogP contribution in [0.4, 0.5) is 0 Å². The van der Waals surface area contributed by atoms with Crippen molar-refractivity contribution in [2.24, 2.45) is 0 Å². The van der Waals surface area contributed by atoms with Crippen molar-refractivity contribution in [3.63, 3.8) is 0 Å². The molecule has 1 aromatic heterocycles. The van der Waals surface area contributed by atoms with Crippen molar-refractivity contribution in [1.29, 1.82) is 0 Å². The molecule has 0 unspecified atom stereocenters. The number of aryl methyl sites for hydroxylation is 2. The fraction of sp³-hybridized carbons (Fsp3) is 0.333. The lowest BCUT2D eigenvalue weighted by Gasteiger charge is -1.96. The Morgan fingerprint density at radius 1 is 1.27 bits per heavy atom. The number of rotatable bonds is 1. The maximum absolute atomic E-state index is 4.23. The summed E-state index contributed by atoms with van der Waals surface area (Å²) in [4.78, 5) is 8.40. The van der Waals surface area contributed by atoms with E-state index in [1.807, 2.05) is 39.0 Å². The highest BCUT2D eigenvalue weighted by molar-refractivity contribution is 5.44. The van der Waals surface area contributed by atoms with Gasteiger partial charge in [0.05, 0.1) is 5.69 Å². The summed E-state index contributed by atoms with van der Waals surface area (Å²) >= 11 is 0. The van der Waals surface area contributed by atoms with Crippen molar-refractivity contribution < 1.29 is 0 Å². The average Bonchev–Trinajstić information content (AvgIpc) is 1.85. The summed E-state index contributed by atoms with van der Waals surface area (Å²) in [5.74, 6) is 0.832. The van der Waals surface area contributed by atoms with Gasteiger partial charge in [0.15, 0.2) is 0 Å². The van der Waals surface area contributed by atoms with Gasteiger partial charge < -0.3 is 0 Å². The van der Waals surface area contributed by atoms with Crippen LogP contribution in [0, 0.1) is 13.8 Å². The van der Waals surface area contributed by atoms with Gasteiger partial charge in [-0.25, -0.2) is 9.97 Å². The molecule has 11 heavy (non-hydrogen) atoms. The van der Waals surface area contributed by atoms with Gasteiger partial charge in [-0.2, -0.15) is 0 Å². The van der Waals surface area contributed by atoms with Crippen LogP contribution in [0.5, 0.6) is 0 Å². The van der Waals surface area contributed by atoms with Crippen LogP contribution in [0.25, 0.3) is 6.08 Å². The molecule has 0 saturated carbocycles. The molecule has 0 spiro atoms. The first-order chi connectivity index (χ1) is 5.22. The molecule has 0 N–H and O–H groups in total. The van der Waals surface area contributed by atoms with Crippen LogP contribution < -0.4 is 0 Å². The first-order valence-corrected chi connectivity index (χ1v) is 3.67. The third-order valence-corrected chi connectivity index (χ3v) is 1.32. The third kappa shape index (κ3) is 2.15. The number of allylic oxidation sites excluding steroid dienone is 1. The Morgan fingerprint density at radius 3 is 2.55 bits per heavy atom. The van der Waals surface area contributed by atoms with Crippen LogP contribution in [0.1, 0.15) is 24.1 Å². The molecule has 0 fully saturated rings. The van der Waals surface area contributed by atoms with Crippen LogP contribution >= 0.6 is 0 Å². The number of aromatic nitrogens is 2. The lowest BCUT2D eigenvalue weighted by molar-refractivity contribution is 1.00. The van der Waals surface area contributed by atoms with Gasteiger partial charge in [0.1, 0.15) is 5.82 Å². The van der Waals surface area contributed by atoms with E-state index in [-0.39, 0.29) is 0 Å². The minimum Gasteiger partial charge on any atom is -0.239 e. The molecule has 0 aliphatic heterocycles. The van der Waals surface area contributed by atoms with E-state index in [1.165, 1.54) is 0 Å². The van der Waals surface area contributed by atoms with E-state index in [0.717, 1.165) is 17.2 Å². The Labute approximate surface area is 67.0 Å². The third-order valence-electron chi connectivity index (χ3n) is 1.32. The molecule has 2 nitrogen and oxygen atoms in total. The maximum Gasteiger partial charge on any atom is 0.126 e. The van der Waals surface area contributed by atoms with Gasteiger partial charge in [-0.1, -0.05) is 6.08 Å². The number of hydrogen-bond donors (Lipinski definition) is 0. The molecular formula is C9H12N2. The summed E-state index contributed by atoms with van der Waals surface area (Å²) in [7, 11) is 0. The fourth-order valence-electron chi connectivity index (χ4n) is 1.00. The van der Waals surface area contributed by atoms with E-state index < -0.39 is 0 Å². The lowest BCUT2D eigenvalue weighted by Crippen LogP contribution is -1.92. The molecule has 0 amide bonds. The molecule has 2 heteroatoms. The molecular weight excluding hydrogens is 136 g/mol. The molecule has 0 saturated heterocycles. The second kappa shape index (κ2) is 3.28. The van der Waals surface area contributed by atoms with E-state index >= 15 is 0 Å². The van der Waals surface area contributed by atoms with Gasteiger partial charge in [0.25, 0.3) is 0 Å². The normalized spacial score (nSPS) is 10.8. The summed E-state index contributed by atoms with van der Waals surface area (Å²) in [6, 6.07) is 1.97. The van der Waals surface area contributed by atoms with E-state index in [2.05, 4.69) is 9.97 Å². The minimum absolute atomic E-state index is 0.832. The number of hydrogen-bond acceptors (Lipinski definition) is 2. The second-order valence-corrected chi connectivity index (χ2v) is 2.48. The summed E-state index contributed by atoms with van der Waals surface area (Å²) in [6.07, 6.45) is 3.95. The smallest absolute Gasteiger partial charge is 0.126 e. The molecule has 0 bridgehead atoms. The Bertz CT molecular complexity index is 257. The molecule has 0 aliphatic rings. The lowest BCUT2D eigenvalue weighted by atomic mass is 10.3. The predicted molar refractivity (Wildman–Crippen MR) is 46.2 cm³/mol. The standard InChI is InChI=1S/C9H12N2/c1-4-5-9-6-7(2)10-8(3)11-9/h4-6H,1-3H3/b5-4+. The molecule has 0 radical (unpaired) electrons. The first kappa shape index (κ1) is 7.92. The van der Waals surface area contributed by atoms with Crippen LogP contribution in [0.3, 0.4) is 0 Å². The summed E-state index contributed by atoms with van der Waals surface area (Å²) in [5.41, 5.74) is 2.00. The maximum atomic E-state index is 4.23. The minimum atomic E-state index is 0.832. The summed E-state index contributed by atoms with van der Waals surface area (Å²) < 4.78 is 0. The van der Waals surface area contributed by atoms with Gasteiger partial charge in [-0.15, -0.1) is 0 Å². The van der Waals surface area contributed by atoms with Gasteiger partial charge in [-0.05, 0) is 32.9 Å². The van der Waals surface area contributed by atoms with Crippen molar-refractivity contribution in [3.05, 3.63) is 29.4 Å². The van der Waals surface area contributed by atoms with Crippen LogP contribution in [-0.2, 0) is 0 Å². The molecule has 0 aliphatic carbocycles. The Hall–Kier alpha value is -1.18. The predicted octanol–water partition coefficient (Wildman–Crippen LogP) is 2.13. The van der Waals surface area contributed by atoms with Gasteiger partial charge in [-0.3, -0.25) is 0 Å². The molecule has 1 heterocycles. The highest BCUT2D eigenvalue weighted by Gasteiger charge is 1.92. The van der Waals surface area contributed by atoms with Crippen LogP contribution in [0.2, 0.25) is 0 Å². The monoisotopic (exact) mass is 148 g/mol. The van der Waals surface area contributed by atoms with Gasteiger partial charge in [0.2, 0.25) is 0 Å². The average molecular weight is 148 g/mol. The van der Waals surface area contributed by atoms with E-state index in [4.69, 9.17) is 0 Å². The highest BCUT2D eigenvalue weighted by Crippen LogP contribution is 2.01. The van der Waals surface area contributed by atoms with Crippen molar-refractivity contribution in [1.82, 2.24) is 9.97 Å². The summed E-state index contributed by atoms with van der Waals surface area (Å²) in [5, 5.41) is 0. The zero-order chi connectivity index (χ0) is 8.27. The first-order valence-electron chi connectivity index (χ1n) is 3.67. The highest BCUT2D eigenvalue weighted by atomic mass is 14.9. The molecule has 1 aromatic rings. The zero-order valence-corrected chi connectivity index (χ0v) is 7.13. The Balaban J connectivity index is 3.08. The second-order valence-electron chi connectivity index (χ2n) is 2.48. The summed E-state index contributed by atoms with van der Waals surface area (Å²) in [6.45, 7) is 5.86. The molecule has 0 atom stereocenters. The molecule has 0 aromatic carbocycles.